The molecule has 0 aliphatic rings. The van der Waals surface area contributed by atoms with E-state index in [2.05, 4.69) is 0 Å². The third kappa shape index (κ3) is 9.52. The van der Waals surface area contributed by atoms with Crippen LogP contribution in [0.5, 0.6) is 5.75 Å². The van der Waals surface area contributed by atoms with E-state index in [9.17, 15) is 26.2 Å². The van der Waals surface area contributed by atoms with Crippen LogP contribution in [0.4, 0.5) is 4.79 Å². The normalized spacial score (nSPS) is 11.8. The molecular formula is C15H26NNa2O9S2+. The zero-order valence-electron chi connectivity index (χ0n) is 19.3. The molecule has 1 aromatic carbocycles. The summed E-state index contributed by atoms with van der Waals surface area (Å²) in [6.45, 7) is 9.13. The van der Waals surface area contributed by atoms with Crippen LogP contribution < -0.4 is 63.9 Å². The second kappa shape index (κ2) is 13.0. The topological polar surface area (TPSA) is 144 Å². The van der Waals surface area contributed by atoms with Crippen LogP contribution in [0, 0.1) is 0 Å². The average Bonchev–Trinajstić information content (AvgIpc) is 2.57. The van der Waals surface area contributed by atoms with Crippen molar-refractivity contribution in [3.63, 3.8) is 0 Å². The Morgan fingerprint density at radius 3 is 1.93 bits per heavy atom. The molecular weight excluding hydrogens is 448 g/mol. The van der Waals surface area contributed by atoms with Crippen molar-refractivity contribution >= 4 is 26.4 Å². The molecule has 10 nitrogen and oxygen atoms in total. The first-order valence-corrected chi connectivity index (χ1v) is 11.0. The summed E-state index contributed by atoms with van der Waals surface area (Å²) in [7, 11) is -9.65. The maximum atomic E-state index is 11.8. The van der Waals surface area contributed by atoms with E-state index < -0.39 is 41.9 Å². The molecule has 0 radical (unpaired) electrons. The van der Waals surface area contributed by atoms with Crippen LogP contribution in [0.1, 0.15) is 23.6 Å². The summed E-state index contributed by atoms with van der Waals surface area (Å²) < 4.78 is 73.7. The quantitative estimate of drug-likeness (QED) is 0.120. The predicted molar refractivity (Wildman–Crippen MR) is 97.0 cm³/mol. The summed E-state index contributed by atoms with van der Waals surface area (Å²) in [6.07, 6.45) is -1.21. The minimum absolute atomic E-state index is 0. The molecule has 0 fully saturated rings. The van der Waals surface area contributed by atoms with Gasteiger partial charge < -0.3 is 16.8 Å². The molecule has 0 aliphatic carbocycles. The van der Waals surface area contributed by atoms with E-state index in [4.69, 9.17) is 14.0 Å². The number of benzene rings is 1. The van der Waals surface area contributed by atoms with Crippen molar-refractivity contribution in [1.82, 2.24) is 0 Å². The molecule has 29 heavy (non-hydrogen) atoms. The third-order valence-corrected chi connectivity index (χ3v) is 6.21. The molecule has 158 valence electrons. The van der Waals surface area contributed by atoms with Crippen LogP contribution in [0.15, 0.2) is 28.0 Å². The van der Waals surface area contributed by atoms with Gasteiger partial charge >= 0.3 is 65.3 Å². The van der Waals surface area contributed by atoms with Crippen molar-refractivity contribution in [3.8, 4) is 5.75 Å². The molecule has 0 unspecified atom stereocenters. The first-order valence-electron chi connectivity index (χ1n) is 8.17. The molecule has 0 aliphatic heterocycles. The van der Waals surface area contributed by atoms with E-state index in [-0.39, 0.29) is 68.6 Å². The van der Waals surface area contributed by atoms with E-state index in [0.717, 1.165) is 31.8 Å². The molecule has 2 N–H and O–H groups in total. The summed E-state index contributed by atoms with van der Waals surface area (Å²) in [5.41, 5.74) is 0. The molecule has 14 heteroatoms. The van der Waals surface area contributed by atoms with Crippen LogP contribution in [-0.4, -0.2) is 69.4 Å². The Balaban J connectivity index is -0.000000911. The van der Waals surface area contributed by atoms with Gasteiger partial charge in [-0.05, 0) is 39.0 Å². The van der Waals surface area contributed by atoms with Gasteiger partial charge in [0.2, 0.25) is 0 Å². The van der Waals surface area contributed by atoms with Crippen molar-refractivity contribution in [2.75, 3.05) is 32.8 Å². The fourth-order valence-corrected chi connectivity index (χ4v) is 3.74. The van der Waals surface area contributed by atoms with Gasteiger partial charge in [-0.15, -0.1) is 0 Å². The average molecular weight is 474 g/mol. The number of nitrogens with zero attached hydrogens (tertiary/aromatic N) is 1. The molecule has 0 saturated carbocycles. The Hall–Kier alpha value is 0.270. The van der Waals surface area contributed by atoms with Gasteiger partial charge in [0.15, 0.2) is 5.75 Å². The first kappa shape index (κ1) is 31.5. The fraction of sp³-hybridized carbons (Fsp3) is 0.533. The minimum atomic E-state index is -4.93. The number of carbonyl (C=O) groups is 1. The van der Waals surface area contributed by atoms with Gasteiger partial charge in [-0.1, -0.05) is 0 Å². The molecule has 0 atom stereocenters. The van der Waals surface area contributed by atoms with Crippen molar-refractivity contribution < 1.29 is 107 Å². The monoisotopic (exact) mass is 474 g/mol. The van der Waals surface area contributed by atoms with E-state index in [1.807, 2.05) is 20.8 Å². The van der Waals surface area contributed by atoms with Crippen molar-refractivity contribution in [2.45, 2.75) is 30.6 Å². The number of hydrogen-bond acceptors (Lipinski definition) is 7. The fourth-order valence-electron chi connectivity index (χ4n) is 2.52. The zero-order chi connectivity index (χ0) is 20.9. The van der Waals surface area contributed by atoms with Gasteiger partial charge in [-0.3, -0.25) is 9.11 Å². The van der Waals surface area contributed by atoms with E-state index in [1.54, 1.807) is 0 Å². The molecule has 0 aromatic heterocycles. The van der Waals surface area contributed by atoms with Gasteiger partial charge in [-0.25, -0.2) is 4.79 Å². The number of rotatable bonds is 9. The molecule has 0 bridgehead atoms. The van der Waals surface area contributed by atoms with Crippen molar-refractivity contribution in [3.05, 3.63) is 18.2 Å². The number of quaternary nitrogens is 1. The van der Waals surface area contributed by atoms with Gasteiger partial charge in [0.05, 0.1) is 24.5 Å². The summed E-state index contributed by atoms with van der Waals surface area (Å²) in [5, 5.41) is 0. The standard InChI is InChI=1S/C15H23NO9S2.2Na.2H/c1-4-16(5-2,6-3)9-10-24-15(17)25-13-8-7-12(26(18,19)20)11-14(13)27(21,22)23;;;;/h7-8,11H,4-6,9-10H2,1-3H3,(H-,18,19,20,21,22,23);;;;/q;2*+1;2*-1/p+1. The number of likely N-dealkylation sites (N-methyl/N-ethyl adjacent to an activating group) is 1. The van der Waals surface area contributed by atoms with E-state index in [0.29, 0.717) is 17.1 Å². The van der Waals surface area contributed by atoms with E-state index in [1.165, 1.54) is 0 Å². The van der Waals surface area contributed by atoms with Gasteiger partial charge in [0.1, 0.15) is 18.0 Å². The summed E-state index contributed by atoms with van der Waals surface area (Å²) >= 11 is 0. The smallest absolute Gasteiger partial charge is 1.00 e. The Labute approximate surface area is 218 Å². The van der Waals surface area contributed by atoms with Gasteiger partial charge in [-0.2, -0.15) is 16.8 Å². The van der Waals surface area contributed by atoms with Crippen LogP contribution in [-0.2, 0) is 25.0 Å². The first-order chi connectivity index (χ1) is 12.4. The number of carbonyl (C=O) groups excluding carboxylic acids is 1. The molecule has 0 saturated heterocycles. The number of hydrogen-bond donors (Lipinski definition) is 2. The van der Waals surface area contributed by atoms with Crippen LogP contribution in [0.2, 0.25) is 0 Å². The Morgan fingerprint density at radius 2 is 1.52 bits per heavy atom. The predicted octanol–water partition coefficient (Wildman–Crippen LogP) is -4.20. The Kier molecular flexibility index (Phi) is 14.1. The Morgan fingerprint density at radius 1 is 1.00 bits per heavy atom. The maximum Gasteiger partial charge on any atom is 1.00 e. The van der Waals surface area contributed by atoms with Gasteiger partial charge in [0.25, 0.3) is 20.2 Å². The van der Waals surface area contributed by atoms with Crippen LogP contribution >= 0.6 is 0 Å². The van der Waals surface area contributed by atoms with Crippen LogP contribution in [0.3, 0.4) is 0 Å². The Bertz CT molecular complexity index is 887. The SMILES string of the molecule is CC[N+](CC)(CC)CCOC(=O)Oc1ccc(S(=O)(=O)O)cc1S(=O)(=O)O.[H-].[H-].[Na+].[Na+]. The van der Waals surface area contributed by atoms with Crippen LogP contribution in [0.25, 0.3) is 0 Å². The number of ether oxygens (including phenoxy) is 2. The van der Waals surface area contributed by atoms with E-state index >= 15 is 0 Å². The second-order valence-corrected chi connectivity index (χ2v) is 8.58. The second-order valence-electron chi connectivity index (χ2n) is 5.77. The summed E-state index contributed by atoms with van der Waals surface area (Å²) in [6, 6.07) is 2.11. The minimum Gasteiger partial charge on any atom is -1.00 e. The van der Waals surface area contributed by atoms with Gasteiger partial charge in [0, 0.05) is 0 Å². The summed E-state index contributed by atoms with van der Waals surface area (Å²) in [5.74, 6) is -0.628. The molecule has 0 amide bonds. The molecule has 1 rings (SSSR count). The maximum absolute atomic E-state index is 11.8. The molecule has 0 heterocycles. The summed E-state index contributed by atoms with van der Waals surface area (Å²) in [4.78, 5) is 10.1. The molecule has 0 spiro atoms. The van der Waals surface area contributed by atoms with Crippen molar-refractivity contribution in [2.24, 2.45) is 0 Å². The third-order valence-electron chi connectivity index (χ3n) is 4.48. The largest absolute Gasteiger partial charge is 1.00 e. The van der Waals surface area contributed by atoms with Crippen molar-refractivity contribution in [1.29, 1.82) is 0 Å². The zero-order valence-corrected chi connectivity index (χ0v) is 22.9. The molecule has 1 aromatic rings.